The average molecular weight is 684 g/mol. The van der Waals surface area contributed by atoms with Crippen molar-refractivity contribution in [2.45, 2.75) is 186 Å². The van der Waals surface area contributed by atoms with Gasteiger partial charge in [-0.2, -0.15) is 5.48 Å². The quantitative estimate of drug-likeness (QED) is 0.0293. The second kappa shape index (κ2) is 34.6. The van der Waals surface area contributed by atoms with Gasteiger partial charge in [0.05, 0.1) is 7.11 Å². The number of carbonyl (C=O) groups is 4. The largest absolute Gasteiger partial charge is 0.468 e. The number of nitrogens with two attached hydrogens (primary N) is 2. The highest BCUT2D eigenvalue weighted by Crippen LogP contribution is 2.12. The molecule has 0 spiro atoms. The Morgan fingerprint density at radius 2 is 1.08 bits per heavy atom. The van der Waals surface area contributed by atoms with Crippen LogP contribution in [0.4, 0.5) is 0 Å². The van der Waals surface area contributed by atoms with E-state index in [0.717, 1.165) is 83.5 Å². The number of hydrogen-bond donors (Lipinski definition) is 5. The van der Waals surface area contributed by atoms with Crippen LogP contribution < -0.4 is 27.6 Å². The molecule has 0 aliphatic heterocycles. The molecule has 0 aromatic rings. The Labute approximate surface area is 292 Å². The van der Waals surface area contributed by atoms with E-state index in [1.165, 1.54) is 64.9 Å². The SMILES string of the molecule is CCCCCCCCCCCC(=O)NC(CCCCN)C(=O)ONCCCCCCCCCCCC(=O)NCCCCC(N)C(=O)OC. The first-order valence-corrected chi connectivity index (χ1v) is 19.4. The summed E-state index contributed by atoms with van der Waals surface area (Å²) in [5.41, 5.74) is 14.1. The van der Waals surface area contributed by atoms with E-state index in [1.54, 1.807) is 0 Å². The number of ether oxygens (including phenoxy) is 1. The first-order chi connectivity index (χ1) is 23.3. The number of rotatable bonds is 35. The average Bonchev–Trinajstić information content (AvgIpc) is 3.08. The van der Waals surface area contributed by atoms with Crippen molar-refractivity contribution in [1.82, 2.24) is 16.1 Å². The minimum absolute atomic E-state index is 0.0822. The highest BCUT2D eigenvalue weighted by molar-refractivity contribution is 5.84. The van der Waals surface area contributed by atoms with Crippen molar-refractivity contribution in [3.63, 3.8) is 0 Å². The summed E-state index contributed by atoms with van der Waals surface area (Å²) in [5, 5.41) is 5.83. The second-order valence-corrected chi connectivity index (χ2v) is 13.2. The van der Waals surface area contributed by atoms with E-state index in [9.17, 15) is 19.2 Å². The molecule has 2 atom stereocenters. The van der Waals surface area contributed by atoms with E-state index >= 15 is 0 Å². The number of hydroxylamine groups is 1. The molecule has 11 heteroatoms. The number of unbranched alkanes of at least 4 members (excludes halogenated alkanes) is 18. The molecule has 2 unspecified atom stereocenters. The summed E-state index contributed by atoms with van der Waals surface area (Å²) >= 11 is 0. The van der Waals surface area contributed by atoms with E-state index in [4.69, 9.17) is 16.3 Å². The van der Waals surface area contributed by atoms with Crippen molar-refractivity contribution in [3.05, 3.63) is 0 Å². The van der Waals surface area contributed by atoms with Gasteiger partial charge < -0.3 is 31.7 Å². The molecule has 282 valence electrons. The van der Waals surface area contributed by atoms with Gasteiger partial charge in [-0.1, -0.05) is 103 Å². The van der Waals surface area contributed by atoms with E-state index in [1.807, 2.05) is 0 Å². The normalized spacial score (nSPS) is 12.3. The van der Waals surface area contributed by atoms with Crippen LogP contribution in [0.1, 0.15) is 174 Å². The zero-order valence-corrected chi connectivity index (χ0v) is 30.8. The van der Waals surface area contributed by atoms with Crippen LogP contribution in [0, 0.1) is 0 Å². The molecular weight excluding hydrogens is 610 g/mol. The minimum atomic E-state index is -0.639. The van der Waals surface area contributed by atoms with Crippen molar-refractivity contribution in [2.75, 3.05) is 26.7 Å². The standard InChI is InChI=1S/C37H73N5O6/c1-3-4-5-6-7-9-13-16-19-28-35(44)42-33(26-20-22-29-38)37(46)48-41-31-23-17-14-11-8-10-12-15-18-27-34(43)40-30-24-21-25-32(39)36(45)47-2/h32-33,41H,3-31,38-39H2,1-2H3,(H,40,43)(H,42,44). The molecule has 0 saturated heterocycles. The smallest absolute Gasteiger partial charge is 0.347 e. The van der Waals surface area contributed by atoms with Crippen molar-refractivity contribution >= 4 is 23.8 Å². The Kier molecular flexibility index (Phi) is 33.0. The van der Waals surface area contributed by atoms with Crippen LogP contribution >= 0.6 is 0 Å². The van der Waals surface area contributed by atoms with Gasteiger partial charge in [0.2, 0.25) is 11.8 Å². The molecule has 2 amide bonds. The topological polar surface area (TPSA) is 175 Å². The lowest BCUT2D eigenvalue weighted by molar-refractivity contribution is -0.155. The molecule has 0 aliphatic rings. The number of esters is 1. The highest BCUT2D eigenvalue weighted by atomic mass is 16.7. The molecule has 0 aromatic heterocycles. The van der Waals surface area contributed by atoms with Crippen molar-refractivity contribution in [2.24, 2.45) is 11.5 Å². The summed E-state index contributed by atoms with van der Waals surface area (Å²) in [4.78, 5) is 53.7. The Morgan fingerprint density at radius 1 is 0.583 bits per heavy atom. The summed E-state index contributed by atoms with van der Waals surface area (Å²) < 4.78 is 4.61. The van der Waals surface area contributed by atoms with Gasteiger partial charge in [-0.05, 0) is 64.3 Å². The number of hydrogen-bond acceptors (Lipinski definition) is 9. The summed E-state index contributed by atoms with van der Waals surface area (Å²) in [6.45, 7) is 3.99. The van der Waals surface area contributed by atoms with Crippen LogP contribution in [0.15, 0.2) is 0 Å². The van der Waals surface area contributed by atoms with Crippen LogP contribution in [0.2, 0.25) is 0 Å². The molecule has 0 radical (unpaired) electrons. The maximum Gasteiger partial charge on any atom is 0.347 e. The lowest BCUT2D eigenvalue weighted by Crippen LogP contribution is -2.43. The summed E-state index contributed by atoms with van der Waals surface area (Å²) in [6.07, 6.45) is 25.8. The zero-order valence-electron chi connectivity index (χ0n) is 30.8. The van der Waals surface area contributed by atoms with E-state index in [-0.39, 0.29) is 11.8 Å². The maximum atomic E-state index is 12.7. The fourth-order valence-electron chi connectivity index (χ4n) is 5.59. The number of methoxy groups -OCH3 is 1. The van der Waals surface area contributed by atoms with Crippen LogP contribution in [-0.2, 0) is 28.8 Å². The summed E-state index contributed by atoms with van der Waals surface area (Å²) in [6, 6.07) is -1.23. The molecule has 0 heterocycles. The van der Waals surface area contributed by atoms with Crippen LogP contribution in [0.25, 0.3) is 0 Å². The lowest BCUT2D eigenvalue weighted by Gasteiger charge is -2.17. The first-order valence-electron chi connectivity index (χ1n) is 19.4. The van der Waals surface area contributed by atoms with Gasteiger partial charge in [-0.3, -0.25) is 14.4 Å². The number of nitrogens with one attached hydrogen (secondary N) is 3. The van der Waals surface area contributed by atoms with Gasteiger partial charge in [0.15, 0.2) is 0 Å². The monoisotopic (exact) mass is 684 g/mol. The molecule has 0 aromatic carbocycles. The van der Waals surface area contributed by atoms with Crippen LogP contribution in [0.5, 0.6) is 0 Å². The van der Waals surface area contributed by atoms with Gasteiger partial charge in [0.25, 0.3) is 0 Å². The minimum Gasteiger partial charge on any atom is -0.468 e. The molecule has 0 bridgehead atoms. The molecule has 48 heavy (non-hydrogen) atoms. The van der Waals surface area contributed by atoms with E-state index < -0.39 is 24.0 Å². The third-order valence-electron chi connectivity index (χ3n) is 8.70. The Morgan fingerprint density at radius 3 is 1.65 bits per heavy atom. The number of amides is 2. The van der Waals surface area contributed by atoms with Gasteiger partial charge in [-0.25, -0.2) is 4.79 Å². The van der Waals surface area contributed by atoms with E-state index in [2.05, 4.69) is 27.8 Å². The van der Waals surface area contributed by atoms with Gasteiger partial charge in [0, 0.05) is 25.9 Å². The van der Waals surface area contributed by atoms with Crippen molar-refractivity contribution in [3.8, 4) is 0 Å². The molecule has 7 N–H and O–H groups in total. The van der Waals surface area contributed by atoms with Gasteiger partial charge in [-0.15, -0.1) is 0 Å². The van der Waals surface area contributed by atoms with Gasteiger partial charge in [0.1, 0.15) is 12.1 Å². The molecule has 11 nitrogen and oxygen atoms in total. The first kappa shape index (κ1) is 45.8. The third kappa shape index (κ3) is 29.9. The Hall–Kier alpha value is -2.24. The fourth-order valence-corrected chi connectivity index (χ4v) is 5.59. The Balaban J connectivity index is 3.80. The number of carbonyl (C=O) groups excluding carboxylic acids is 4. The predicted molar refractivity (Wildman–Crippen MR) is 194 cm³/mol. The highest BCUT2D eigenvalue weighted by Gasteiger charge is 2.22. The lowest BCUT2D eigenvalue weighted by atomic mass is 10.1. The van der Waals surface area contributed by atoms with E-state index in [0.29, 0.717) is 45.3 Å². The Bertz CT molecular complexity index is 800. The molecule has 0 rings (SSSR count). The third-order valence-corrected chi connectivity index (χ3v) is 8.70. The van der Waals surface area contributed by atoms with Crippen molar-refractivity contribution < 1.29 is 28.8 Å². The summed E-state index contributed by atoms with van der Waals surface area (Å²) in [5.74, 6) is -0.819. The maximum absolute atomic E-state index is 12.7. The molecular formula is C37H73N5O6. The van der Waals surface area contributed by atoms with Crippen molar-refractivity contribution in [1.29, 1.82) is 0 Å². The van der Waals surface area contributed by atoms with Gasteiger partial charge >= 0.3 is 11.9 Å². The second-order valence-electron chi connectivity index (χ2n) is 13.2. The molecule has 0 aliphatic carbocycles. The van der Waals surface area contributed by atoms with Crippen LogP contribution in [0.3, 0.4) is 0 Å². The fraction of sp³-hybridized carbons (Fsp3) is 0.892. The molecule has 0 saturated carbocycles. The summed E-state index contributed by atoms with van der Waals surface area (Å²) in [7, 11) is 1.33. The predicted octanol–water partition coefficient (Wildman–Crippen LogP) is 6.26. The van der Waals surface area contributed by atoms with Crippen LogP contribution in [-0.4, -0.2) is 62.6 Å². The molecule has 0 fully saturated rings. The zero-order chi connectivity index (χ0) is 35.5.